The predicted molar refractivity (Wildman–Crippen MR) is 274 cm³/mol. The molecular formula is C61H41N5. The van der Waals surface area contributed by atoms with Gasteiger partial charge in [-0.25, -0.2) is 4.98 Å². The van der Waals surface area contributed by atoms with E-state index in [-0.39, 0.29) is 0 Å². The van der Waals surface area contributed by atoms with Gasteiger partial charge in [0.25, 0.3) is 0 Å². The van der Waals surface area contributed by atoms with Crippen LogP contribution in [0.4, 0.5) is 17.1 Å². The molecule has 0 fully saturated rings. The number of nitrogens with zero attached hydrogens (tertiary/aromatic N) is 5. The van der Waals surface area contributed by atoms with Crippen LogP contribution in [-0.4, -0.2) is 19.5 Å². The van der Waals surface area contributed by atoms with E-state index in [1.807, 2.05) is 36.4 Å². The van der Waals surface area contributed by atoms with Crippen molar-refractivity contribution in [2.24, 2.45) is 0 Å². The molecule has 0 aliphatic rings. The van der Waals surface area contributed by atoms with E-state index >= 15 is 0 Å². The molecule has 0 amide bonds. The molecule has 0 bridgehead atoms. The van der Waals surface area contributed by atoms with Crippen LogP contribution >= 0.6 is 0 Å². The average Bonchev–Trinajstić information content (AvgIpc) is 3.73. The molecule has 5 nitrogen and oxygen atoms in total. The van der Waals surface area contributed by atoms with Crippen LogP contribution in [0.25, 0.3) is 94.7 Å². The summed E-state index contributed by atoms with van der Waals surface area (Å²) in [6, 6.07) is 87.8. The summed E-state index contributed by atoms with van der Waals surface area (Å²) in [6.45, 7) is 0. The minimum absolute atomic E-state index is 0.544. The number of fused-ring (bicyclic) bond motifs is 4. The van der Waals surface area contributed by atoms with E-state index in [0.717, 1.165) is 61.1 Å². The lowest BCUT2D eigenvalue weighted by molar-refractivity contribution is 0.953. The van der Waals surface area contributed by atoms with Crippen molar-refractivity contribution >= 4 is 49.6 Å². The minimum Gasteiger partial charge on any atom is -0.310 e. The van der Waals surface area contributed by atoms with Crippen LogP contribution in [0.5, 0.6) is 0 Å². The smallest absolute Gasteiger partial charge is 0.238 e. The van der Waals surface area contributed by atoms with Gasteiger partial charge in [0, 0.05) is 39.0 Å². The molecule has 66 heavy (non-hydrogen) atoms. The molecule has 310 valence electrons. The van der Waals surface area contributed by atoms with E-state index in [2.05, 4.69) is 222 Å². The molecule has 0 radical (unpaired) electrons. The number of aromatic nitrogens is 4. The van der Waals surface area contributed by atoms with Gasteiger partial charge in [0.05, 0.1) is 11.0 Å². The van der Waals surface area contributed by atoms with Crippen molar-refractivity contribution in [3.63, 3.8) is 0 Å². The predicted octanol–water partition coefficient (Wildman–Crippen LogP) is 15.9. The summed E-state index contributed by atoms with van der Waals surface area (Å²) >= 11 is 0. The Kier molecular flexibility index (Phi) is 9.77. The Balaban J connectivity index is 1.05. The maximum absolute atomic E-state index is 5.30. The summed E-state index contributed by atoms with van der Waals surface area (Å²) in [7, 11) is 0. The molecule has 0 N–H and O–H groups in total. The molecule has 2 aromatic heterocycles. The molecule has 0 aliphatic carbocycles. The van der Waals surface area contributed by atoms with Crippen molar-refractivity contribution in [3.05, 3.63) is 249 Å². The summed E-state index contributed by atoms with van der Waals surface area (Å²) in [5.41, 5.74) is 13.9. The standard InChI is InChI=1S/C61H41N5/c1-5-15-42(16-6-1)44-31-34-53(35-32-44)65(52-23-11-4-12-24-52)54-36-38-56-55-37-33-51(46-27-25-45(26-28-46)50-30-29-43-17-13-14-22-49(43)39-50)40-57(55)66(58(56)41-54)61-63-59(47-18-7-2-8-19-47)62-60(64-61)48-20-9-3-10-21-48/h1-41H. The Morgan fingerprint density at radius 1 is 0.273 bits per heavy atom. The third kappa shape index (κ3) is 7.25. The highest BCUT2D eigenvalue weighted by atomic mass is 15.2. The molecule has 5 heteroatoms. The zero-order valence-corrected chi connectivity index (χ0v) is 35.9. The first kappa shape index (κ1) is 38.7. The first-order valence-electron chi connectivity index (χ1n) is 22.3. The van der Waals surface area contributed by atoms with Crippen LogP contribution in [0.1, 0.15) is 0 Å². The number of benzene rings is 10. The number of para-hydroxylation sites is 1. The topological polar surface area (TPSA) is 46.8 Å². The molecule has 0 saturated heterocycles. The van der Waals surface area contributed by atoms with Gasteiger partial charge < -0.3 is 4.90 Å². The van der Waals surface area contributed by atoms with Crippen molar-refractivity contribution in [2.75, 3.05) is 4.90 Å². The van der Waals surface area contributed by atoms with Gasteiger partial charge in [-0.3, -0.25) is 4.57 Å². The Hall–Kier alpha value is -8.93. The van der Waals surface area contributed by atoms with E-state index in [1.165, 1.54) is 33.0 Å². The third-order valence-corrected chi connectivity index (χ3v) is 12.4. The first-order chi connectivity index (χ1) is 32.7. The second-order valence-corrected chi connectivity index (χ2v) is 16.5. The van der Waals surface area contributed by atoms with E-state index < -0.39 is 0 Å². The molecule has 12 aromatic rings. The van der Waals surface area contributed by atoms with Crippen molar-refractivity contribution in [3.8, 4) is 62.1 Å². The van der Waals surface area contributed by atoms with E-state index in [9.17, 15) is 0 Å². The van der Waals surface area contributed by atoms with E-state index in [4.69, 9.17) is 15.0 Å². The van der Waals surface area contributed by atoms with Gasteiger partial charge in [0.15, 0.2) is 11.6 Å². The van der Waals surface area contributed by atoms with Crippen molar-refractivity contribution in [1.29, 1.82) is 0 Å². The van der Waals surface area contributed by atoms with Gasteiger partial charge in [-0.15, -0.1) is 0 Å². The van der Waals surface area contributed by atoms with Gasteiger partial charge in [0.1, 0.15) is 0 Å². The van der Waals surface area contributed by atoms with Crippen LogP contribution in [0.2, 0.25) is 0 Å². The van der Waals surface area contributed by atoms with Gasteiger partial charge in [-0.05, 0) is 92.7 Å². The highest BCUT2D eigenvalue weighted by molar-refractivity contribution is 6.11. The molecule has 0 saturated carbocycles. The van der Waals surface area contributed by atoms with Gasteiger partial charge in [-0.2, -0.15) is 9.97 Å². The lowest BCUT2D eigenvalue weighted by Crippen LogP contribution is -2.10. The fourth-order valence-corrected chi connectivity index (χ4v) is 9.12. The molecule has 0 aliphatic heterocycles. The molecule has 0 unspecified atom stereocenters. The highest BCUT2D eigenvalue weighted by Crippen LogP contribution is 2.41. The fraction of sp³-hybridized carbons (Fsp3) is 0. The zero-order valence-electron chi connectivity index (χ0n) is 35.9. The SMILES string of the molecule is c1ccc(-c2ccc(N(c3ccccc3)c3ccc4c5ccc(-c6ccc(-c7ccc8ccccc8c7)cc6)cc5n(-c5nc(-c6ccccc6)nc(-c6ccccc6)n5)c4c3)cc2)cc1. The Labute approximate surface area is 383 Å². The number of anilines is 3. The summed E-state index contributed by atoms with van der Waals surface area (Å²) in [4.78, 5) is 18.0. The zero-order chi connectivity index (χ0) is 43.8. The Morgan fingerprint density at radius 3 is 1.30 bits per heavy atom. The number of rotatable bonds is 9. The number of hydrogen-bond donors (Lipinski definition) is 0. The monoisotopic (exact) mass is 843 g/mol. The molecule has 0 spiro atoms. The lowest BCUT2D eigenvalue weighted by atomic mass is 9.98. The van der Waals surface area contributed by atoms with Crippen LogP contribution in [-0.2, 0) is 0 Å². The number of hydrogen-bond acceptors (Lipinski definition) is 4. The minimum atomic E-state index is 0.544. The van der Waals surface area contributed by atoms with Gasteiger partial charge in [-0.1, -0.05) is 200 Å². The van der Waals surface area contributed by atoms with Crippen LogP contribution < -0.4 is 4.90 Å². The second kappa shape index (κ2) is 16.6. The molecule has 0 atom stereocenters. The Bertz CT molecular complexity index is 3610. The Morgan fingerprint density at radius 2 is 0.682 bits per heavy atom. The second-order valence-electron chi connectivity index (χ2n) is 16.5. The molecular weight excluding hydrogens is 803 g/mol. The first-order valence-corrected chi connectivity index (χ1v) is 22.3. The fourth-order valence-electron chi connectivity index (χ4n) is 9.12. The largest absolute Gasteiger partial charge is 0.310 e. The molecule has 12 rings (SSSR count). The van der Waals surface area contributed by atoms with Crippen molar-refractivity contribution in [1.82, 2.24) is 19.5 Å². The summed E-state index contributed by atoms with van der Waals surface area (Å²) in [6.07, 6.45) is 0. The van der Waals surface area contributed by atoms with Crippen molar-refractivity contribution in [2.45, 2.75) is 0 Å². The van der Waals surface area contributed by atoms with Gasteiger partial charge in [0.2, 0.25) is 5.95 Å². The lowest BCUT2D eigenvalue weighted by Gasteiger charge is -2.26. The van der Waals surface area contributed by atoms with Crippen LogP contribution in [0.3, 0.4) is 0 Å². The van der Waals surface area contributed by atoms with Gasteiger partial charge >= 0.3 is 0 Å². The van der Waals surface area contributed by atoms with Crippen LogP contribution in [0, 0.1) is 0 Å². The summed E-state index contributed by atoms with van der Waals surface area (Å²) in [5, 5.41) is 4.68. The summed E-state index contributed by atoms with van der Waals surface area (Å²) < 4.78 is 2.23. The van der Waals surface area contributed by atoms with E-state index in [0.29, 0.717) is 17.6 Å². The van der Waals surface area contributed by atoms with E-state index in [1.54, 1.807) is 0 Å². The summed E-state index contributed by atoms with van der Waals surface area (Å²) in [5.74, 6) is 1.76. The average molecular weight is 844 g/mol. The highest BCUT2D eigenvalue weighted by Gasteiger charge is 2.21. The third-order valence-electron chi connectivity index (χ3n) is 12.4. The quantitative estimate of drug-likeness (QED) is 0.145. The molecule has 10 aromatic carbocycles. The molecule has 2 heterocycles. The van der Waals surface area contributed by atoms with Crippen molar-refractivity contribution < 1.29 is 0 Å². The maximum Gasteiger partial charge on any atom is 0.238 e. The normalized spacial score (nSPS) is 11.3. The van der Waals surface area contributed by atoms with Crippen LogP contribution in [0.15, 0.2) is 249 Å². The maximum atomic E-state index is 5.30.